The van der Waals surface area contributed by atoms with Gasteiger partial charge >= 0.3 is 0 Å². The van der Waals surface area contributed by atoms with Crippen LogP contribution in [0.25, 0.3) is 0 Å². The predicted molar refractivity (Wildman–Crippen MR) is 43.2 cm³/mol. The zero-order valence-electron chi connectivity index (χ0n) is 7.10. The summed E-state index contributed by atoms with van der Waals surface area (Å²) < 4.78 is 9.89. The van der Waals surface area contributed by atoms with Gasteiger partial charge in [0.25, 0.3) is 5.91 Å². The maximum atomic E-state index is 11.6. The normalized spacial score (nSPS) is 17.4. The summed E-state index contributed by atoms with van der Waals surface area (Å²) in [7, 11) is 0. The van der Waals surface area contributed by atoms with Gasteiger partial charge in [-0.05, 0) is 0 Å². The fraction of sp³-hybridized carbons (Fsp3) is 0.500. The molecule has 5 heteroatoms. The number of rotatable bonds is 1. The Labute approximate surface area is 75.3 Å². The van der Waals surface area contributed by atoms with E-state index in [2.05, 4.69) is 5.16 Å². The number of amides is 1. The second kappa shape index (κ2) is 3.57. The highest BCUT2D eigenvalue weighted by Gasteiger charge is 2.20. The van der Waals surface area contributed by atoms with Gasteiger partial charge in [-0.2, -0.15) is 0 Å². The Balaban J connectivity index is 2.04. The van der Waals surface area contributed by atoms with E-state index in [-0.39, 0.29) is 5.91 Å². The van der Waals surface area contributed by atoms with Crippen LogP contribution in [0.1, 0.15) is 10.6 Å². The Bertz CT molecular complexity index is 278. The summed E-state index contributed by atoms with van der Waals surface area (Å²) in [5.41, 5.74) is 0. The largest absolute Gasteiger partial charge is 0.378 e. The lowest BCUT2D eigenvalue weighted by Gasteiger charge is -2.25. The topological polar surface area (TPSA) is 55.6 Å². The van der Waals surface area contributed by atoms with E-state index in [0.29, 0.717) is 32.1 Å². The Morgan fingerprint density at radius 2 is 2.23 bits per heavy atom. The SMILES string of the molecule is O=C(c1ccno1)N1CCOCC1. The molecular formula is C8H10N2O3. The first kappa shape index (κ1) is 8.25. The van der Waals surface area contributed by atoms with Gasteiger partial charge in [-0.15, -0.1) is 0 Å². The first-order valence-electron chi connectivity index (χ1n) is 4.15. The fourth-order valence-electron chi connectivity index (χ4n) is 1.25. The van der Waals surface area contributed by atoms with Crippen LogP contribution in [0.15, 0.2) is 16.8 Å². The third-order valence-electron chi connectivity index (χ3n) is 1.95. The summed E-state index contributed by atoms with van der Waals surface area (Å²) in [5.74, 6) is 0.183. The van der Waals surface area contributed by atoms with E-state index in [1.807, 2.05) is 0 Å². The van der Waals surface area contributed by atoms with Gasteiger partial charge in [-0.3, -0.25) is 4.79 Å². The Morgan fingerprint density at radius 1 is 1.46 bits per heavy atom. The number of aromatic nitrogens is 1. The molecule has 1 fully saturated rings. The number of carbonyl (C=O) groups excluding carboxylic acids is 1. The van der Waals surface area contributed by atoms with Crippen LogP contribution >= 0.6 is 0 Å². The van der Waals surface area contributed by atoms with Gasteiger partial charge < -0.3 is 14.2 Å². The zero-order chi connectivity index (χ0) is 9.10. The van der Waals surface area contributed by atoms with Crippen LogP contribution in [0.2, 0.25) is 0 Å². The smallest absolute Gasteiger partial charge is 0.292 e. The molecule has 1 aliphatic heterocycles. The van der Waals surface area contributed by atoms with Gasteiger partial charge in [0.05, 0.1) is 19.4 Å². The summed E-state index contributed by atoms with van der Waals surface area (Å²) in [5, 5.41) is 3.48. The molecule has 0 N–H and O–H groups in total. The highest BCUT2D eigenvalue weighted by atomic mass is 16.5. The fourth-order valence-corrected chi connectivity index (χ4v) is 1.25. The molecular weight excluding hydrogens is 172 g/mol. The molecule has 0 spiro atoms. The zero-order valence-corrected chi connectivity index (χ0v) is 7.10. The molecule has 1 saturated heterocycles. The van der Waals surface area contributed by atoms with Crippen molar-refractivity contribution >= 4 is 5.91 Å². The molecule has 2 rings (SSSR count). The van der Waals surface area contributed by atoms with Crippen molar-refractivity contribution < 1.29 is 14.1 Å². The minimum absolute atomic E-state index is 0.110. The van der Waals surface area contributed by atoms with Crippen LogP contribution in [0.4, 0.5) is 0 Å². The monoisotopic (exact) mass is 182 g/mol. The van der Waals surface area contributed by atoms with Gasteiger partial charge in [0, 0.05) is 19.2 Å². The van der Waals surface area contributed by atoms with Gasteiger partial charge in [0.2, 0.25) is 5.76 Å². The highest BCUT2D eigenvalue weighted by molar-refractivity contribution is 5.91. The third-order valence-corrected chi connectivity index (χ3v) is 1.95. The molecule has 0 radical (unpaired) electrons. The van der Waals surface area contributed by atoms with E-state index < -0.39 is 0 Å². The average Bonchev–Trinajstić information content (AvgIpc) is 2.71. The molecule has 5 nitrogen and oxygen atoms in total. The number of carbonyl (C=O) groups is 1. The number of morpholine rings is 1. The van der Waals surface area contributed by atoms with E-state index in [1.54, 1.807) is 11.0 Å². The van der Waals surface area contributed by atoms with E-state index in [1.165, 1.54) is 6.20 Å². The van der Waals surface area contributed by atoms with Crippen LogP contribution in [-0.2, 0) is 4.74 Å². The molecule has 1 aromatic heterocycles. The van der Waals surface area contributed by atoms with Crippen LogP contribution in [0.3, 0.4) is 0 Å². The lowest BCUT2D eigenvalue weighted by Crippen LogP contribution is -2.40. The molecule has 2 heterocycles. The van der Waals surface area contributed by atoms with E-state index >= 15 is 0 Å². The van der Waals surface area contributed by atoms with Crippen molar-refractivity contribution in [3.05, 3.63) is 18.0 Å². The maximum absolute atomic E-state index is 11.6. The Hall–Kier alpha value is -1.36. The van der Waals surface area contributed by atoms with Crippen molar-refractivity contribution in [1.29, 1.82) is 0 Å². The number of hydrogen-bond donors (Lipinski definition) is 0. The lowest BCUT2D eigenvalue weighted by molar-refractivity contribution is 0.0277. The molecule has 70 valence electrons. The predicted octanol–water partition coefficient (Wildman–Crippen LogP) is 0.147. The van der Waals surface area contributed by atoms with Crippen LogP contribution < -0.4 is 0 Å². The van der Waals surface area contributed by atoms with Crippen molar-refractivity contribution in [1.82, 2.24) is 10.1 Å². The van der Waals surface area contributed by atoms with E-state index in [0.717, 1.165) is 0 Å². The van der Waals surface area contributed by atoms with Gasteiger partial charge in [-0.25, -0.2) is 0 Å². The molecule has 1 aliphatic rings. The van der Waals surface area contributed by atoms with Gasteiger partial charge in [-0.1, -0.05) is 5.16 Å². The van der Waals surface area contributed by atoms with Crippen molar-refractivity contribution in [3.8, 4) is 0 Å². The molecule has 0 aromatic carbocycles. The first-order valence-corrected chi connectivity index (χ1v) is 4.15. The van der Waals surface area contributed by atoms with E-state index in [9.17, 15) is 4.79 Å². The number of ether oxygens (including phenoxy) is 1. The molecule has 0 unspecified atom stereocenters. The highest BCUT2D eigenvalue weighted by Crippen LogP contribution is 2.05. The first-order chi connectivity index (χ1) is 6.38. The standard InChI is InChI=1S/C8H10N2O3/c11-8(7-1-2-9-13-7)10-3-5-12-6-4-10/h1-2H,3-6H2. The average molecular weight is 182 g/mol. The van der Waals surface area contributed by atoms with Crippen molar-refractivity contribution in [3.63, 3.8) is 0 Å². The lowest BCUT2D eigenvalue weighted by atomic mass is 10.3. The minimum Gasteiger partial charge on any atom is -0.378 e. The summed E-state index contributed by atoms with van der Waals surface area (Å²) in [6, 6.07) is 1.57. The summed E-state index contributed by atoms with van der Waals surface area (Å²) in [4.78, 5) is 13.3. The summed E-state index contributed by atoms with van der Waals surface area (Å²) >= 11 is 0. The summed E-state index contributed by atoms with van der Waals surface area (Å²) in [6.07, 6.45) is 1.47. The van der Waals surface area contributed by atoms with E-state index in [4.69, 9.17) is 9.26 Å². The van der Waals surface area contributed by atoms with Crippen molar-refractivity contribution in [2.24, 2.45) is 0 Å². The van der Waals surface area contributed by atoms with Crippen LogP contribution in [0, 0.1) is 0 Å². The molecule has 1 amide bonds. The molecule has 1 aromatic rings. The maximum Gasteiger partial charge on any atom is 0.292 e. The molecule has 0 atom stereocenters. The van der Waals surface area contributed by atoms with Crippen molar-refractivity contribution in [2.45, 2.75) is 0 Å². The minimum atomic E-state index is -0.110. The van der Waals surface area contributed by atoms with Gasteiger partial charge in [0.15, 0.2) is 0 Å². The number of nitrogens with zero attached hydrogens (tertiary/aromatic N) is 2. The second-order valence-corrected chi connectivity index (χ2v) is 2.78. The number of hydrogen-bond acceptors (Lipinski definition) is 4. The van der Waals surface area contributed by atoms with Crippen LogP contribution in [-0.4, -0.2) is 42.3 Å². The molecule has 0 saturated carbocycles. The molecule has 13 heavy (non-hydrogen) atoms. The second-order valence-electron chi connectivity index (χ2n) is 2.78. The van der Waals surface area contributed by atoms with Crippen LogP contribution in [0.5, 0.6) is 0 Å². The third kappa shape index (κ3) is 1.70. The molecule has 0 aliphatic carbocycles. The quantitative estimate of drug-likeness (QED) is 0.620. The van der Waals surface area contributed by atoms with Crippen molar-refractivity contribution in [2.75, 3.05) is 26.3 Å². The van der Waals surface area contributed by atoms with Gasteiger partial charge in [0.1, 0.15) is 0 Å². The Morgan fingerprint density at radius 3 is 2.85 bits per heavy atom. The summed E-state index contributed by atoms with van der Waals surface area (Å²) in [6.45, 7) is 2.44. The Kier molecular flexibility index (Phi) is 2.27. The molecule has 0 bridgehead atoms.